The fourth-order valence-electron chi connectivity index (χ4n) is 4.35. The molecular weight excluding hydrogens is 450 g/mol. The highest BCUT2D eigenvalue weighted by Gasteiger charge is 2.51. The molecular formula is C23H20ClN3O6. The quantitative estimate of drug-likeness (QED) is 0.276. The maximum Gasteiger partial charge on any atom is 0.273 e. The topological polar surface area (TPSA) is 118 Å². The number of hydrogen-bond acceptors (Lipinski definition) is 6. The van der Waals surface area contributed by atoms with Crippen LogP contribution in [0.1, 0.15) is 46.4 Å². The second-order valence-corrected chi connectivity index (χ2v) is 8.52. The number of hydrogen-bond donors (Lipinski definition) is 0. The number of ketones is 1. The molecule has 2 aromatic rings. The molecule has 1 saturated heterocycles. The first-order valence-electron chi connectivity index (χ1n) is 10.5. The molecule has 0 N–H and O–H groups in total. The Labute approximate surface area is 194 Å². The first-order valence-corrected chi connectivity index (χ1v) is 10.9. The van der Waals surface area contributed by atoms with Crippen LogP contribution in [0.5, 0.6) is 0 Å². The highest BCUT2D eigenvalue weighted by atomic mass is 35.5. The van der Waals surface area contributed by atoms with Gasteiger partial charge in [0.1, 0.15) is 6.54 Å². The maximum absolute atomic E-state index is 13.3. The van der Waals surface area contributed by atoms with Gasteiger partial charge in [-0.15, -0.1) is 0 Å². The van der Waals surface area contributed by atoms with E-state index in [1.54, 1.807) is 0 Å². The number of hydrazine groups is 1. The average molecular weight is 470 g/mol. The molecule has 170 valence electrons. The van der Waals surface area contributed by atoms with Crippen LogP contribution in [0.4, 0.5) is 5.69 Å². The van der Waals surface area contributed by atoms with Crippen molar-refractivity contribution in [2.75, 3.05) is 6.54 Å². The van der Waals surface area contributed by atoms with E-state index in [4.69, 9.17) is 11.6 Å². The van der Waals surface area contributed by atoms with Crippen LogP contribution in [0.25, 0.3) is 0 Å². The summed E-state index contributed by atoms with van der Waals surface area (Å²) in [5.41, 5.74) is 0.0898. The number of benzene rings is 2. The van der Waals surface area contributed by atoms with Crippen molar-refractivity contribution in [3.05, 3.63) is 74.8 Å². The molecule has 33 heavy (non-hydrogen) atoms. The molecule has 0 spiro atoms. The summed E-state index contributed by atoms with van der Waals surface area (Å²) in [5, 5.41) is 13.0. The van der Waals surface area contributed by atoms with Gasteiger partial charge in [-0.05, 0) is 49.2 Å². The van der Waals surface area contributed by atoms with E-state index in [1.165, 1.54) is 48.5 Å². The number of imide groups is 1. The minimum atomic E-state index is -0.692. The van der Waals surface area contributed by atoms with Crippen LogP contribution in [-0.2, 0) is 9.59 Å². The largest absolute Gasteiger partial charge is 0.292 e. The van der Waals surface area contributed by atoms with Gasteiger partial charge in [0.05, 0.1) is 16.8 Å². The highest BCUT2D eigenvalue weighted by molar-refractivity contribution is 6.30. The van der Waals surface area contributed by atoms with Crippen LogP contribution in [0.3, 0.4) is 0 Å². The third kappa shape index (κ3) is 4.36. The Hall–Kier alpha value is -3.59. The predicted molar refractivity (Wildman–Crippen MR) is 117 cm³/mol. The van der Waals surface area contributed by atoms with E-state index in [1.807, 2.05) is 0 Å². The number of nitro groups is 1. The molecule has 4 rings (SSSR count). The van der Waals surface area contributed by atoms with Crippen LogP contribution in [0.2, 0.25) is 5.02 Å². The Morgan fingerprint density at radius 3 is 1.97 bits per heavy atom. The zero-order chi connectivity index (χ0) is 23.7. The monoisotopic (exact) mass is 469 g/mol. The number of halogens is 1. The predicted octanol–water partition coefficient (Wildman–Crippen LogP) is 3.66. The van der Waals surface area contributed by atoms with Gasteiger partial charge in [-0.25, -0.2) is 5.01 Å². The van der Waals surface area contributed by atoms with Crippen LogP contribution in [0.15, 0.2) is 48.5 Å². The van der Waals surface area contributed by atoms with Crippen LogP contribution in [0, 0.1) is 22.0 Å². The van der Waals surface area contributed by atoms with Crippen molar-refractivity contribution >= 4 is 40.8 Å². The Morgan fingerprint density at radius 2 is 1.45 bits per heavy atom. The van der Waals surface area contributed by atoms with Gasteiger partial charge in [-0.2, -0.15) is 5.01 Å². The third-order valence-electron chi connectivity index (χ3n) is 6.08. The van der Waals surface area contributed by atoms with E-state index in [9.17, 15) is 29.3 Å². The molecule has 0 bridgehead atoms. The zero-order valence-corrected chi connectivity index (χ0v) is 18.2. The van der Waals surface area contributed by atoms with Crippen molar-refractivity contribution in [3.8, 4) is 0 Å². The number of amides is 3. The molecule has 1 aliphatic carbocycles. The van der Waals surface area contributed by atoms with Gasteiger partial charge in [-0.1, -0.05) is 24.4 Å². The first-order chi connectivity index (χ1) is 15.8. The number of carbonyl (C=O) groups excluding carboxylic acids is 4. The van der Waals surface area contributed by atoms with E-state index in [0.717, 1.165) is 22.9 Å². The molecule has 1 saturated carbocycles. The minimum Gasteiger partial charge on any atom is -0.292 e. The summed E-state index contributed by atoms with van der Waals surface area (Å²) in [7, 11) is 0. The fraction of sp³-hybridized carbons (Fsp3) is 0.304. The van der Waals surface area contributed by atoms with E-state index < -0.39 is 46.8 Å². The number of non-ortho nitro benzene ring substituents is 1. The number of Topliss-reactive ketones (excluding diaryl/α,β-unsaturated/α-hetero) is 1. The van der Waals surface area contributed by atoms with E-state index >= 15 is 0 Å². The normalized spacial score (nSPS) is 19.8. The van der Waals surface area contributed by atoms with Crippen molar-refractivity contribution in [3.63, 3.8) is 0 Å². The summed E-state index contributed by atoms with van der Waals surface area (Å²) in [6, 6.07) is 10.8. The number of nitro benzene ring substituents is 1. The molecule has 3 amide bonds. The van der Waals surface area contributed by atoms with Crippen molar-refractivity contribution in [1.29, 1.82) is 0 Å². The number of fused-ring (bicyclic) bond motifs is 1. The molecule has 0 unspecified atom stereocenters. The molecule has 0 aromatic heterocycles. The molecule has 0 radical (unpaired) electrons. The summed E-state index contributed by atoms with van der Waals surface area (Å²) < 4.78 is 0. The smallest absolute Gasteiger partial charge is 0.273 e. The van der Waals surface area contributed by atoms with Crippen LogP contribution >= 0.6 is 11.6 Å². The second kappa shape index (κ2) is 9.11. The minimum absolute atomic E-state index is 0.117. The SMILES string of the molecule is O=C(CN(C(=O)c1ccc(Cl)cc1)N1C(=O)[C@@H]2CCCC[C@H]2C1=O)c1ccc([N+](=O)[O-])cc1. The summed E-state index contributed by atoms with van der Waals surface area (Å²) in [4.78, 5) is 62.9. The summed E-state index contributed by atoms with van der Waals surface area (Å²) in [6.07, 6.45) is 2.76. The molecule has 9 nitrogen and oxygen atoms in total. The summed E-state index contributed by atoms with van der Waals surface area (Å²) >= 11 is 5.91. The maximum atomic E-state index is 13.3. The molecule has 1 aliphatic heterocycles. The summed E-state index contributed by atoms with van der Waals surface area (Å²) in [5.74, 6) is -3.22. The fourth-order valence-corrected chi connectivity index (χ4v) is 4.48. The van der Waals surface area contributed by atoms with Crippen LogP contribution in [-0.4, -0.2) is 45.0 Å². The van der Waals surface area contributed by atoms with E-state index in [2.05, 4.69) is 0 Å². The molecule has 2 atom stereocenters. The molecule has 2 aromatic carbocycles. The van der Waals surface area contributed by atoms with E-state index in [-0.39, 0.29) is 16.8 Å². The first kappa shape index (κ1) is 22.6. The third-order valence-corrected chi connectivity index (χ3v) is 6.33. The van der Waals surface area contributed by atoms with Crippen molar-refractivity contribution < 1.29 is 24.1 Å². The zero-order valence-electron chi connectivity index (χ0n) is 17.5. The number of nitrogens with zero attached hydrogens (tertiary/aromatic N) is 3. The molecule has 10 heteroatoms. The van der Waals surface area contributed by atoms with Gasteiger partial charge in [0.15, 0.2) is 5.78 Å². The standard InChI is InChI=1S/C23H20ClN3O6/c24-16-9-5-15(6-10-16)21(29)25(13-20(28)14-7-11-17(12-8-14)27(32)33)26-22(30)18-3-1-2-4-19(18)23(26)31/h5-12,18-19H,1-4,13H2/t18-,19-/m1/s1. The van der Waals surface area contributed by atoms with E-state index in [0.29, 0.717) is 17.9 Å². The van der Waals surface area contributed by atoms with Crippen molar-refractivity contribution in [1.82, 2.24) is 10.0 Å². The van der Waals surface area contributed by atoms with Crippen LogP contribution < -0.4 is 0 Å². The Bertz CT molecular complexity index is 1110. The lowest BCUT2D eigenvalue weighted by molar-refractivity contribution is -0.384. The van der Waals surface area contributed by atoms with Gasteiger partial charge in [-0.3, -0.25) is 29.3 Å². The van der Waals surface area contributed by atoms with Gasteiger partial charge in [0, 0.05) is 28.3 Å². The number of carbonyl (C=O) groups is 4. The Morgan fingerprint density at radius 1 is 0.939 bits per heavy atom. The molecule has 1 heterocycles. The van der Waals surface area contributed by atoms with Crippen molar-refractivity contribution in [2.45, 2.75) is 25.7 Å². The van der Waals surface area contributed by atoms with Crippen molar-refractivity contribution in [2.24, 2.45) is 11.8 Å². The summed E-state index contributed by atoms with van der Waals surface area (Å²) in [6.45, 7) is -0.573. The molecule has 2 aliphatic rings. The Balaban J connectivity index is 1.66. The molecule has 2 fully saturated rings. The highest BCUT2D eigenvalue weighted by Crippen LogP contribution is 2.39. The van der Waals surface area contributed by atoms with Gasteiger partial charge < -0.3 is 0 Å². The Kier molecular flexibility index (Phi) is 6.24. The van der Waals surface area contributed by atoms with Gasteiger partial charge >= 0.3 is 0 Å². The number of rotatable bonds is 6. The lowest BCUT2D eigenvalue weighted by Gasteiger charge is -2.30. The average Bonchev–Trinajstić information content (AvgIpc) is 3.07. The second-order valence-electron chi connectivity index (χ2n) is 8.08. The lowest BCUT2D eigenvalue weighted by atomic mass is 9.81. The van der Waals surface area contributed by atoms with Gasteiger partial charge in [0.2, 0.25) is 0 Å². The lowest BCUT2D eigenvalue weighted by Crippen LogP contribution is -2.52. The van der Waals surface area contributed by atoms with Gasteiger partial charge in [0.25, 0.3) is 23.4 Å².